The maximum Gasteiger partial charge on any atom is 0.326 e. The van der Waals surface area contributed by atoms with Gasteiger partial charge in [-0.2, -0.15) is 0 Å². The van der Waals surface area contributed by atoms with Crippen molar-refractivity contribution in [3.05, 3.63) is 94.6 Å². The molecule has 5 amide bonds. The van der Waals surface area contributed by atoms with Gasteiger partial charge < -0.3 is 86.8 Å². The average Bonchev–Trinajstić information content (AvgIpc) is 1.80. The summed E-state index contributed by atoms with van der Waals surface area (Å²) in [5.74, 6) is -6.92. The standard InChI is InChI=1S/C73H107BrN14O18S/c1-84-31-33-85(2)59(48-87(51-68(96)97)36-35-86(34-32-84)50-67(94)95)44-52-21-25-57(26-22-52)79-73(107)77-29-9-6-16-61(64(90)47-55(69(98)99)12-4-3-5-15-60(89)45-53-19-23-56(74)24-20-53)80-65(91)27-38-104-40-42-106-43-41-105-39-37-88-49-63(82-83-88)54-13-10-14-58(46-54)78-71(102)75-28-8-7-17-62(70(100)101)81-72(103)76-30-11-18-66(92)93/h10,13-14,19-26,46,49,55,59,61-62H,3-9,11-12,15-18,27-45,47-48,50-51H2,1-2H3,(H,80,91)(H,92,93)(H,94,95)(H,96,97)(H,98,99)(H,100,101)(H2,75,78,102)(H2,76,81,103)(H2,77,79,107). The molecule has 1 saturated heterocycles. The number of Topliss-reactive ketones (excluding diaryl/α,β-unsaturated/α-hetero) is 2. The minimum Gasteiger partial charge on any atom is -0.481 e. The van der Waals surface area contributed by atoms with Crippen LogP contribution in [0.3, 0.4) is 0 Å². The summed E-state index contributed by atoms with van der Waals surface area (Å²) in [6.07, 6.45) is 6.98. The molecular formula is C73H107BrN14O18S. The normalized spacial score (nSPS) is 14.9. The van der Waals surface area contributed by atoms with Crippen LogP contribution in [-0.2, 0) is 72.0 Å². The SMILES string of the molecule is CN1CCN(CC(=O)O)CCN(CC(=O)O)CC(Cc2ccc(NC(=S)NCCCCC(NC(=O)CCOCCOCCOCCn3cc(-c4cccc(NC(=O)NCCCCC(NC(=O)NCCCC(=O)O)C(=O)O)c4)nn3)C(=O)CC(CCCCCC(=O)Cc3ccc(Br)cc3)C(=O)O)cc2)N(C)CC1. The molecule has 34 heteroatoms. The molecule has 4 unspecified atom stereocenters. The quantitative estimate of drug-likeness (QED) is 0.0187. The number of nitrogens with one attached hydrogen (secondary N) is 7. The van der Waals surface area contributed by atoms with Crippen molar-refractivity contribution in [2.45, 2.75) is 134 Å². The van der Waals surface area contributed by atoms with E-state index in [0.717, 1.165) is 34.4 Å². The molecule has 0 aliphatic carbocycles. The molecule has 0 spiro atoms. The number of halogens is 1. The van der Waals surface area contributed by atoms with Crippen LogP contribution in [0.4, 0.5) is 21.0 Å². The lowest BCUT2D eigenvalue weighted by molar-refractivity contribution is -0.144. The van der Waals surface area contributed by atoms with Crippen LogP contribution in [0.5, 0.6) is 0 Å². The highest BCUT2D eigenvalue weighted by atomic mass is 79.9. The number of hydrogen-bond donors (Lipinski definition) is 12. The first-order valence-corrected chi connectivity index (χ1v) is 37.6. The number of ketones is 2. The van der Waals surface area contributed by atoms with E-state index in [1.54, 1.807) is 29.1 Å². The number of thiocarbonyl (C=S) groups is 1. The molecule has 12 N–H and O–H groups in total. The van der Waals surface area contributed by atoms with E-state index < -0.39 is 71.6 Å². The second kappa shape index (κ2) is 50.9. The van der Waals surface area contributed by atoms with Crippen LogP contribution in [0.25, 0.3) is 11.3 Å². The fourth-order valence-electron chi connectivity index (χ4n) is 11.6. The summed E-state index contributed by atoms with van der Waals surface area (Å²) in [5.41, 5.74) is 4.45. The Morgan fingerprint density at radius 1 is 0.579 bits per heavy atom. The van der Waals surface area contributed by atoms with Gasteiger partial charge in [-0.1, -0.05) is 70.4 Å². The number of anilines is 2. The summed E-state index contributed by atoms with van der Waals surface area (Å²) >= 11 is 9.05. The van der Waals surface area contributed by atoms with Gasteiger partial charge in [0, 0.05) is 125 Å². The van der Waals surface area contributed by atoms with Crippen molar-refractivity contribution in [3.8, 4) is 11.3 Å². The molecule has 4 atom stereocenters. The number of aliphatic carboxylic acids is 5. The van der Waals surface area contributed by atoms with Crippen LogP contribution in [0.1, 0.15) is 107 Å². The Morgan fingerprint density at radius 3 is 1.89 bits per heavy atom. The van der Waals surface area contributed by atoms with E-state index in [4.69, 9.17) is 31.5 Å². The van der Waals surface area contributed by atoms with Crippen LogP contribution < -0.4 is 37.2 Å². The lowest BCUT2D eigenvalue weighted by atomic mass is 9.91. The third-order valence-corrected chi connectivity index (χ3v) is 18.5. The van der Waals surface area contributed by atoms with Gasteiger partial charge in [-0.3, -0.25) is 43.4 Å². The van der Waals surface area contributed by atoms with Crippen LogP contribution >= 0.6 is 28.1 Å². The van der Waals surface area contributed by atoms with Gasteiger partial charge in [0.1, 0.15) is 17.5 Å². The second-order valence-corrected chi connectivity index (χ2v) is 27.8. The number of ether oxygens (including phenoxy) is 3. The third-order valence-electron chi connectivity index (χ3n) is 17.7. The minimum absolute atomic E-state index is 0.0370. The average molecular weight is 1580 g/mol. The molecule has 3 aromatic carbocycles. The van der Waals surface area contributed by atoms with Crippen molar-refractivity contribution in [3.63, 3.8) is 0 Å². The topological polar surface area (TPSA) is 427 Å². The Kier molecular flexibility index (Phi) is 42.3. The van der Waals surface area contributed by atoms with Gasteiger partial charge in [0.25, 0.3) is 0 Å². The Bertz CT molecular complexity index is 3430. The first-order valence-electron chi connectivity index (χ1n) is 36.4. The van der Waals surface area contributed by atoms with E-state index in [1.165, 1.54) is 0 Å². The van der Waals surface area contributed by atoms with E-state index in [2.05, 4.69) is 73.3 Å². The molecule has 0 bridgehead atoms. The molecule has 0 radical (unpaired) electrons. The fraction of sp³-hybridized carbons (Fsp3) is 0.575. The zero-order chi connectivity index (χ0) is 77.7. The smallest absolute Gasteiger partial charge is 0.326 e. The highest BCUT2D eigenvalue weighted by Gasteiger charge is 2.29. The van der Waals surface area contributed by atoms with Gasteiger partial charge in [-0.15, -0.1) is 5.10 Å². The highest BCUT2D eigenvalue weighted by Crippen LogP contribution is 2.23. The third kappa shape index (κ3) is 39.2. The molecule has 590 valence electrons. The number of carboxylic acids is 5. The van der Waals surface area contributed by atoms with Crippen molar-refractivity contribution in [2.75, 3.05) is 143 Å². The van der Waals surface area contributed by atoms with Crippen molar-refractivity contribution in [1.82, 2.24) is 61.2 Å². The summed E-state index contributed by atoms with van der Waals surface area (Å²) < 4.78 is 19.6. The number of aromatic nitrogens is 3. The number of urea groups is 2. The van der Waals surface area contributed by atoms with Crippen LogP contribution in [-0.4, -0.2) is 275 Å². The number of carboxylic acid groups (broad SMARTS) is 5. The lowest BCUT2D eigenvalue weighted by Crippen LogP contribution is -2.50. The van der Waals surface area contributed by atoms with Crippen molar-refractivity contribution in [2.24, 2.45) is 5.92 Å². The van der Waals surface area contributed by atoms with Crippen molar-refractivity contribution >= 4 is 104 Å². The Hall–Kier alpha value is -8.61. The van der Waals surface area contributed by atoms with Gasteiger partial charge in [0.2, 0.25) is 5.91 Å². The molecule has 0 saturated carbocycles. The molecular weight excluding hydrogens is 1470 g/mol. The zero-order valence-corrected chi connectivity index (χ0v) is 63.6. The molecule has 4 aromatic rings. The monoisotopic (exact) mass is 1580 g/mol. The van der Waals surface area contributed by atoms with E-state index in [-0.39, 0.29) is 116 Å². The second-order valence-electron chi connectivity index (χ2n) is 26.5. The molecule has 1 aromatic heterocycles. The van der Waals surface area contributed by atoms with Crippen LogP contribution in [0.15, 0.2) is 83.5 Å². The zero-order valence-electron chi connectivity index (χ0n) is 61.2. The van der Waals surface area contributed by atoms with E-state index in [1.807, 2.05) is 78.5 Å². The number of rotatable bonds is 50. The maximum atomic E-state index is 14.0. The largest absolute Gasteiger partial charge is 0.481 e. The Balaban J connectivity index is 1.01. The number of amides is 5. The number of hydrogen-bond acceptors (Lipinski definition) is 20. The number of carbonyl (C=O) groups excluding carboxylic acids is 5. The number of likely N-dealkylation sites (N-methyl/N-ethyl adjacent to an activating group) is 2. The fourth-order valence-corrected chi connectivity index (χ4v) is 12.1. The first kappa shape index (κ1) is 89.0. The summed E-state index contributed by atoms with van der Waals surface area (Å²) in [7, 11) is 4.05. The van der Waals surface area contributed by atoms with Crippen LogP contribution in [0, 0.1) is 5.92 Å². The van der Waals surface area contributed by atoms with Gasteiger partial charge in [0.15, 0.2) is 10.9 Å². The molecule has 1 fully saturated rings. The lowest BCUT2D eigenvalue weighted by Gasteiger charge is -2.36. The summed E-state index contributed by atoms with van der Waals surface area (Å²) in [4.78, 5) is 131. The molecule has 2 heterocycles. The number of carbonyl (C=O) groups is 10. The molecule has 1 aliphatic heterocycles. The van der Waals surface area contributed by atoms with Gasteiger partial charge in [0.05, 0.1) is 77.4 Å². The van der Waals surface area contributed by atoms with E-state index in [0.29, 0.717) is 139 Å². The maximum absolute atomic E-state index is 14.0. The number of benzene rings is 3. The summed E-state index contributed by atoms with van der Waals surface area (Å²) in [6.45, 7) is 6.16. The van der Waals surface area contributed by atoms with Crippen molar-refractivity contribution in [1.29, 1.82) is 0 Å². The van der Waals surface area contributed by atoms with Gasteiger partial charge in [-0.05, 0) is 138 Å². The Morgan fingerprint density at radius 2 is 1.20 bits per heavy atom. The van der Waals surface area contributed by atoms with Crippen LogP contribution in [0.2, 0.25) is 0 Å². The van der Waals surface area contributed by atoms with E-state index >= 15 is 0 Å². The molecule has 32 nitrogen and oxygen atoms in total. The Labute approximate surface area is 638 Å². The predicted octanol–water partition coefficient (Wildman–Crippen LogP) is 5.68. The van der Waals surface area contributed by atoms with E-state index in [9.17, 15) is 68.4 Å². The predicted molar refractivity (Wildman–Crippen MR) is 407 cm³/mol. The first-order chi connectivity index (χ1) is 51.4. The summed E-state index contributed by atoms with van der Waals surface area (Å²) in [6, 6.07) is 19.1. The van der Waals surface area contributed by atoms with Crippen molar-refractivity contribution < 1.29 is 87.7 Å². The number of nitrogens with zero attached hydrogens (tertiary/aromatic N) is 7. The highest BCUT2D eigenvalue weighted by molar-refractivity contribution is 9.10. The van der Waals surface area contributed by atoms with Gasteiger partial charge in [-0.25, -0.2) is 19.1 Å². The molecule has 1 aliphatic rings. The van der Waals surface area contributed by atoms with Gasteiger partial charge >= 0.3 is 41.9 Å². The molecule has 5 rings (SSSR count). The summed E-state index contributed by atoms with van der Waals surface area (Å²) in [5, 5.41) is 76.1. The molecule has 107 heavy (non-hydrogen) atoms. The minimum atomic E-state index is -1.22. The number of unbranched alkanes of at least 4 members (excludes halogenated alkanes) is 4.